The summed E-state index contributed by atoms with van der Waals surface area (Å²) in [4.78, 5) is 31.4. The highest BCUT2D eigenvalue weighted by Crippen LogP contribution is 2.43. The van der Waals surface area contributed by atoms with Gasteiger partial charge in [-0.2, -0.15) is 0 Å². The molecule has 4 aromatic rings. The van der Waals surface area contributed by atoms with Crippen molar-refractivity contribution < 1.29 is 9.18 Å². The van der Waals surface area contributed by atoms with E-state index in [1.165, 1.54) is 12.1 Å². The van der Waals surface area contributed by atoms with E-state index in [-0.39, 0.29) is 23.0 Å². The van der Waals surface area contributed by atoms with Gasteiger partial charge in [-0.15, -0.1) is 10.2 Å². The molecule has 0 bridgehead atoms. The van der Waals surface area contributed by atoms with Gasteiger partial charge in [-0.3, -0.25) is 9.59 Å². The summed E-state index contributed by atoms with van der Waals surface area (Å²) in [6.45, 7) is 0. The van der Waals surface area contributed by atoms with Crippen molar-refractivity contribution in [1.82, 2.24) is 24.3 Å². The number of amides is 1. The van der Waals surface area contributed by atoms with Crippen LogP contribution >= 0.6 is 0 Å². The van der Waals surface area contributed by atoms with Gasteiger partial charge in [-0.05, 0) is 91.5 Å². The maximum absolute atomic E-state index is 14.3. The Morgan fingerprint density at radius 1 is 1.00 bits per heavy atom. The Balaban J connectivity index is 1.29. The van der Waals surface area contributed by atoms with Gasteiger partial charge in [0.1, 0.15) is 23.5 Å². The van der Waals surface area contributed by atoms with Gasteiger partial charge in [0.05, 0.1) is 0 Å². The molecule has 1 N–H and O–H groups in total. The predicted molar refractivity (Wildman–Crippen MR) is 141 cm³/mol. The van der Waals surface area contributed by atoms with Crippen molar-refractivity contribution >= 4 is 11.7 Å². The van der Waals surface area contributed by atoms with Crippen molar-refractivity contribution in [3.63, 3.8) is 0 Å². The molecular weight excluding hydrogens is 483 g/mol. The number of hydrogen-bond acceptors (Lipinski definition) is 5. The summed E-state index contributed by atoms with van der Waals surface area (Å²) in [6.07, 6.45) is 9.68. The zero-order valence-electron chi connectivity index (χ0n) is 21.0. The summed E-state index contributed by atoms with van der Waals surface area (Å²) < 4.78 is 17.8. The Bertz CT molecular complexity index is 1650. The molecule has 1 amide bonds. The quantitative estimate of drug-likeness (QED) is 0.369. The molecule has 3 aliphatic carbocycles. The number of halogens is 1. The van der Waals surface area contributed by atoms with E-state index in [4.69, 9.17) is 4.98 Å². The molecule has 3 aliphatic rings. The minimum absolute atomic E-state index is 0.156. The number of anilines is 1. The molecule has 0 saturated heterocycles. The molecule has 3 saturated carbocycles. The Labute approximate surface area is 218 Å². The maximum Gasteiger partial charge on any atom is 0.263 e. The molecule has 1 aromatic carbocycles. The number of carbonyl (C=O) groups excluding carboxylic acids is 1. The monoisotopic (exact) mass is 510 g/mol. The van der Waals surface area contributed by atoms with Crippen molar-refractivity contribution in [3.8, 4) is 22.5 Å². The Hall–Kier alpha value is -4.14. The molecule has 0 unspecified atom stereocenters. The van der Waals surface area contributed by atoms with Crippen LogP contribution in [0.15, 0.2) is 53.7 Å². The topological polar surface area (TPSA) is 94.7 Å². The van der Waals surface area contributed by atoms with Crippen LogP contribution in [-0.4, -0.2) is 30.2 Å². The molecule has 0 radical (unpaired) electrons. The van der Waals surface area contributed by atoms with Crippen molar-refractivity contribution in [1.29, 1.82) is 0 Å². The third kappa shape index (κ3) is 4.31. The van der Waals surface area contributed by atoms with Gasteiger partial charge in [-0.1, -0.05) is 6.07 Å². The van der Waals surface area contributed by atoms with Gasteiger partial charge in [0.25, 0.3) is 11.5 Å². The van der Waals surface area contributed by atoms with Gasteiger partial charge in [-0.25, -0.2) is 9.37 Å². The fourth-order valence-electron chi connectivity index (χ4n) is 5.07. The number of pyridine rings is 2. The van der Waals surface area contributed by atoms with Crippen molar-refractivity contribution in [2.45, 2.75) is 56.4 Å². The molecular formula is C29H27FN6O2. The number of hydrogen-bond donors (Lipinski definition) is 1. The second-order valence-corrected chi connectivity index (χ2v) is 10.8. The van der Waals surface area contributed by atoms with Crippen LogP contribution in [0.1, 0.15) is 78.0 Å². The van der Waals surface area contributed by atoms with Crippen LogP contribution in [0.5, 0.6) is 0 Å². The zero-order valence-corrected chi connectivity index (χ0v) is 21.0. The molecule has 3 fully saturated rings. The molecule has 3 aromatic heterocycles. The molecule has 3 heterocycles. The van der Waals surface area contributed by atoms with Crippen LogP contribution in [0.25, 0.3) is 22.5 Å². The molecule has 0 atom stereocenters. The maximum atomic E-state index is 14.3. The highest BCUT2D eigenvalue weighted by atomic mass is 19.1. The molecule has 0 aliphatic heterocycles. The van der Waals surface area contributed by atoms with E-state index in [0.29, 0.717) is 29.0 Å². The number of nitrogens with one attached hydrogen (secondary N) is 1. The minimum Gasteiger partial charge on any atom is -0.317 e. The number of aryl methyl sites for hydroxylation is 1. The summed E-state index contributed by atoms with van der Waals surface area (Å²) in [6, 6.07) is 10.3. The first-order valence-corrected chi connectivity index (χ1v) is 13.2. The minimum atomic E-state index is -0.453. The Morgan fingerprint density at radius 2 is 1.79 bits per heavy atom. The summed E-state index contributed by atoms with van der Waals surface area (Å²) in [5.41, 5.74) is 3.97. The Morgan fingerprint density at radius 3 is 2.47 bits per heavy atom. The first-order chi connectivity index (χ1) is 18.4. The smallest absolute Gasteiger partial charge is 0.263 e. The van der Waals surface area contributed by atoms with E-state index < -0.39 is 5.91 Å². The Kier molecular flexibility index (Phi) is 5.28. The highest BCUT2D eigenvalue weighted by Gasteiger charge is 2.31. The number of nitrogens with zero attached hydrogens (tertiary/aromatic N) is 5. The van der Waals surface area contributed by atoms with E-state index in [1.54, 1.807) is 33.7 Å². The summed E-state index contributed by atoms with van der Waals surface area (Å²) in [5, 5.41) is 11.0. The van der Waals surface area contributed by atoms with Gasteiger partial charge >= 0.3 is 0 Å². The highest BCUT2D eigenvalue weighted by molar-refractivity contribution is 6.04. The van der Waals surface area contributed by atoms with E-state index in [9.17, 15) is 14.0 Å². The van der Waals surface area contributed by atoms with Crippen LogP contribution in [-0.2, 0) is 7.05 Å². The lowest BCUT2D eigenvalue weighted by Crippen LogP contribution is -2.29. The first kappa shape index (κ1) is 23.0. The normalized spacial score (nSPS) is 17.0. The van der Waals surface area contributed by atoms with E-state index >= 15 is 0 Å². The average Bonchev–Trinajstić information content (AvgIpc) is 3.76. The lowest BCUT2D eigenvalue weighted by Gasteiger charge is -2.14. The summed E-state index contributed by atoms with van der Waals surface area (Å²) >= 11 is 0. The average molecular weight is 511 g/mol. The van der Waals surface area contributed by atoms with Gasteiger partial charge in [0.2, 0.25) is 0 Å². The lowest BCUT2D eigenvalue weighted by atomic mass is 9.98. The molecule has 9 heteroatoms. The van der Waals surface area contributed by atoms with Crippen LogP contribution in [0, 0.1) is 5.82 Å². The van der Waals surface area contributed by atoms with Crippen LogP contribution in [0.4, 0.5) is 10.2 Å². The van der Waals surface area contributed by atoms with Gasteiger partial charge in [0.15, 0.2) is 5.82 Å². The van der Waals surface area contributed by atoms with Crippen molar-refractivity contribution in [2.24, 2.45) is 7.05 Å². The summed E-state index contributed by atoms with van der Waals surface area (Å²) in [7, 11) is 1.81. The standard InChI is InChI=1S/C29H27FN6O2/c1-35-15-31-34-27(35)23-13-20(30)6-9-22(23)18-11-25(17-4-5-17)32-26(12-18)33-28(37)24-10-19(16-2-3-16)14-36(29(24)38)21-7-8-21/h6,9-17,21H,2-5,7-8H2,1H3,(H,32,33,37). The number of carbonyl (C=O) groups is 1. The number of benzene rings is 1. The molecule has 0 spiro atoms. The fraction of sp³-hybridized carbons (Fsp3) is 0.345. The molecule has 8 nitrogen and oxygen atoms in total. The largest absolute Gasteiger partial charge is 0.317 e. The second-order valence-electron chi connectivity index (χ2n) is 10.8. The third-order valence-electron chi connectivity index (χ3n) is 7.63. The predicted octanol–water partition coefficient (Wildman–Crippen LogP) is 5.19. The third-order valence-corrected chi connectivity index (χ3v) is 7.63. The van der Waals surface area contributed by atoms with E-state index in [1.807, 2.05) is 19.3 Å². The second kappa shape index (κ2) is 8.72. The van der Waals surface area contributed by atoms with Gasteiger partial charge in [0, 0.05) is 36.5 Å². The zero-order chi connectivity index (χ0) is 26.0. The number of aromatic nitrogens is 5. The number of rotatable bonds is 7. The van der Waals surface area contributed by atoms with E-state index in [0.717, 1.165) is 60.9 Å². The molecule has 7 rings (SSSR count). The van der Waals surface area contributed by atoms with E-state index in [2.05, 4.69) is 15.5 Å². The SMILES string of the molecule is Cn1cnnc1-c1cc(F)ccc1-c1cc(NC(=O)c2cc(C3CC3)cn(C3CC3)c2=O)nc(C2CC2)c1. The van der Waals surface area contributed by atoms with Crippen molar-refractivity contribution in [3.05, 3.63) is 81.9 Å². The van der Waals surface area contributed by atoms with Crippen LogP contribution in [0.3, 0.4) is 0 Å². The van der Waals surface area contributed by atoms with Gasteiger partial charge < -0.3 is 14.5 Å². The summed E-state index contributed by atoms with van der Waals surface area (Å²) in [5.74, 6) is 0.816. The first-order valence-electron chi connectivity index (χ1n) is 13.2. The molecule has 192 valence electrons. The van der Waals surface area contributed by atoms with Crippen LogP contribution < -0.4 is 10.9 Å². The fourth-order valence-corrected chi connectivity index (χ4v) is 5.07. The lowest BCUT2D eigenvalue weighted by molar-refractivity contribution is 0.102. The van der Waals surface area contributed by atoms with Crippen LogP contribution in [0.2, 0.25) is 0 Å². The van der Waals surface area contributed by atoms with Crippen molar-refractivity contribution in [2.75, 3.05) is 5.32 Å². The molecule has 38 heavy (non-hydrogen) atoms.